The van der Waals surface area contributed by atoms with Gasteiger partial charge < -0.3 is 5.32 Å². The molecule has 25 heavy (non-hydrogen) atoms. The van der Waals surface area contributed by atoms with Crippen LogP contribution in [-0.4, -0.2) is 17.9 Å². The van der Waals surface area contributed by atoms with Gasteiger partial charge in [-0.15, -0.1) is 11.3 Å². The SMILES string of the molecule is Cc1ccsc1C(=O)C(C#N)=Cc1cccc(NC(=O)C(F)(F)F)c1. The number of carbonyl (C=O) groups is 2. The number of alkyl halides is 3. The first-order valence-corrected chi connectivity index (χ1v) is 7.79. The van der Waals surface area contributed by atoms with Crippen LogP contribution in [0.2, 0.25) is 0 Å². The standard InChI is InChI=1S/C17H11F3N2O2S/c1-10-5-6-25-15(10)14(23)12(9-21)7-11-3-2-4-13(8-11)22-16(24)17(18,19)20/h2-8H,1H3,(H,22,24). The Hall–Kier alpha value is -2.92. The summed E-state index contributed by atoms with van der Waals surface area (Å²) in [6.45, 7) is 1.74. The molecular formula is C17H11F3N2O2S. The lowest BCUT2D eigenvalue weighted by atomic mass is 10.0. The Morgan fingerprint density at radius 3 is 2.56 bits per heavy atom. The highest BCUT2D eigenvalue weighted by Gasteiger charge is 2.38. The first-order chi connectivity index (χ1) is 11.7. The summed E-state index contributed by atoms with van der Waals surface area (Å²) in [4.78, 5) is 23.8. The van der Waals surface area contributed by atoms with Crippen LogP contribution in [0.3, 0.4) is 0 Å². The van der Waals surface area contributed by atoms with E-state index in [-0.39, 0.29) is 11.3 Å². The van der Waals surface area contributed by atoms with Crippen LogP contribution in [0.4, 0.5) is 18.9 Å². The molecule has 1 amide bonds. The number of hydrogen-bond acceptors (Lipinski definition) is 4. The van der Waals surface area contributed by atoms with E-state index >= 15 is 0 Å². The Morgan fingerprint density at radius 2 is 2.00 bits per heavy atom. The molecule has 8 heteroatoms. The minimum Gasteiger partial charge on any atom is -0.318 e. The summed E-state index contributed by atoms with van der Waals surface area (Å²) in [6, 6.07) is 8.99. The highest BCUT2D eigenvalue weighted by molar-refractivity contribution is 7.12. The van der Waals surface area contributed by atoms with E-state index in [9.17, 15) is 28.0 Å². The molecule has 1 heterocycles. The van der Waals surface area contributed by atoms with Crippen molar-refractivity contribution in [3.05, 3.63) is 57.3 Å². The monoisotopic (exact) mass is 364 g/mol. The molecule has 0 radical (unpaired) electrons. The number of rotatable bonds is 4. The molecule has 0 aliphatic heterocycles. The molecule has 0 fully saturated rings. The van der Waals surface area contributed by atoms with Gasteiger partial charge in [0.05, 0.1) is 4.88 Å². The highest BCUT2D eigenvalue weighted by Crippen LogP contribution is 2.23. The van der Waals surface area contributed by atoms with E-state index in [1.807, 2.05) is 0 Å². The molecule has 0 aliphatic carbocycles. The van der Waals surface area contributed by atoms with Gasteiger partial charge in [0.25, 0.3) is 0 Å². The van der Waals surface area contributed by atoms with Crippen molar-refractivity contribution in [1.29, 1.82) is 5.26 Å². The zero-order valence-corrected chi connectivity index (χ0v) is 13.7. The van der Waals surface area contributed by atoms with E-state index in [1.54, 1.807) is 29.8 Å². The Kier molecular flexibility index (Phi) is 5.39. The third kappa shape index (κ3) is 4.55. The second-order valence-corrected chi connectivity index (χ2v) is 5.93. The van der Waals surface area contributed by atoms with Gasteiger partial charge in [-0.05, 0) is 47.7 Å². The smallest absolute Gasteiger partial charge is 0.318 e. The fraction of sp³-hybridized carbons (Fsp3) is 0.118. The maximum absolute atomic E-state index is 12.4. The molecule has 0 aliphatic rings. The van der Waals surface area contributed by atoms with Crippen molar-refractivity contribution >= 4 is 34.8 Å². The van der Waals surface area contributed by atoms with Crippen molar-refractivity contribution in [2.45, 2.75) is 13.1 Å². The number of aryl methyl sites for hydroxylation is 1. The molecule has 1 aromatic carbocycles. The van der Waals surface area contributed by atoms with Gasteiger partial charge in [0.2, 0.25) is 5.78 Å². The first kappa shape index (κ1) is 18.4. The van der Waals surface area contributed by atoms with Crippen LogP contribution < -0.4 is 5.32 Å². The summed E-state index contributed by atoms with van der Waals surface area (Å²) in [5.41, 5.74) is 0.819. The van der Waals surface area contributed by atoms with Crippen LogP contribution >= 0.6 is 11.3 Å². The molecule has 0 atom stereocenters. The quantitative estimate of drug-likeness (QED) is 0.498. The van der Waals surface area contributed by atoms with Crippen molar-refractivity contribution in [3.63, 3.8) is 0 Å². The number of allylic oxidation sites excluding steroid dienone is 1. The van der Waals surface area contributed by atoms with Crippen LogP contribution in [0.1, 0.15) is 20.8 Å². The third-order valence-corrected chi connectivity index (χ3v) is 4.16. The average Bonchev–Trinajstić information content (AvgIpc) is 2.97. The molecule has 0 unspecified atom stereocenters. The van der Waals surface area contributed by atoms with Gasteiger partial charge in [-0.3, -0.25) is 9.59 Å². The molecular weight excluding hydrogens is 353 g/mol. The van der Waals surface area contributed by atoms with Crippen LogP contribution in [0, 0.1) is 18.3 Å². The molecule has 1 N–H and O–H groups in total. The molecule has 2 rings (SSSR count). The Bertz CT molecular complexity index is 892. The summed E-state index contributed by atoms with van der Waals surface area (Å²) in [5, 5.41) is 12.7. The number of benzene rings is 1. The fourth-order valence-electron chi connectivity index (χ4n) is 1.95. The zero-order chi connectivity index (χ0) is 18.6. The van der Waals surface area contributed by atoms with Gasteiger partial charge in [0.15, 0.2) is 0 Å². The summed E-state index contributed by atoms with van der Waals surface area (Å²) >= 11 is 1.20. The zero-order valence-electron chi connectivity index (χ0n) is 12.8. The van der Waals surface area contributed by atoms with Gasteiger partial charge in [-0.2, -0.15) is 18.4 Å². The number of hydrogen-bond donors (Lipinski definition) is 1. The number of halogens is 3. The highest BCUT2D eigenvalue weighted by atomic mass is 32.1. The second kappa shape index (κ2) is 7.32. The Labute approximate surface area is 145 Å². The summed E-state index contributed by atoms with van der Waals surface area (Å²) in [5.74, 6) is -2.56. The largest absolute Gasteiger partial charge is 0.471 e. The lowest BCUT2D eigenvalue weighted by Crippen LogP contribution is -2.29. The van der Waals surface area contributed by atoms with E-state index < -0.39 is 17.9 Å². The van der Waals surface area contributed by atoms with E-state index in [0.29, 0.717) is 10.4 Å². The van der Waals surface area contributed by atoms with Gasteiger partial charge in [-0.1, -0.05) is 12.1 Å². The molecule has 0 saturated heterocycles. The van der Waals surface area contributed by atoms with Crippen molar-refractivity contribution in [2.75, 3.05) is 5.32 Å². The Balaban J connectivity index is 2.29. The van der Waals surface area contributed by atoms with Gasteiger partial charge in [-0.25, -0.2) is 0 Å². The number of carbonyl (C=O) groups excluding carboxylic acids is 2. The second-order valence-electron chi connectivity index (χ2n) is 5.01. The molecule has 4 nitrogen and oxygen atoms in total. The number of Topliss-reactive ketones (excluding diaryl/α,β-unsaturated/α-hetero) is 1. The van der Waals surface area contributed by atoms with E-state index in [2.05, 4.69) is 0 Å². The summed E-state index contributed by atoms with van der Waals surface area (Å²) in [6.07, 6.45) is -3.74. The summed E-state index contributed by atoms with van der Waals surface area (Å²) < 4.78 is 36.9. The average molecular weight is 364 g/mol. The Morgan fingerprint density at radius 1 is 1.28 bits per heavy atom. The van der Waals surface area contributed by atoms with Crippen LogP contribution in [0.25, 0.3) is 6.08 Å². The predicted molar refractivity (Wildman–Crippen MR) is 88.1 cm³/mol. The number of nitrogens with one attached hydrogen (secondary N) is 1. The van der Waals surface area contributed by atoms with Crippen molar-refractivity contribution in [1.82, 2.24) is 0 Å². The van der Waals surface area contributed by atoms with Gasteiger partial charge in [0, 0.05) is 5.69 Å². The number of nitriles is 1. The molecule has 128 valence electrons. The predicted octanol–water partition coefficient (Wildman–Crippen LogP) is 4.35. The minimum atomic E-state index is -5.00. The van der Waals surface area contributed by atoms with Crippen LogP contribution in [-0.2, 0) is 4.79 Å². The van der Waals surface area contributed by atoms with Crippen molar-refractivity contribution < 1.29 is 22.8 Å². The van der Waals surface area contributed by atoms with Gasteiger partial charge >= 0.3 is 12.1 Å². The summed E-state index contributed by atoms with van der Waals surface area (Å²) in [7, 11) is 0. The number of anilines is 1. The maximum Gasteiger partial charge on any atom is 0.471 e. The molecule has 1 aromatic heterocycles. The number of thiophene rings is 1. The molecule has 0 bridgehead atoms. The van der Waals surface area contributed by atoms with Crippen LogP contribution in [0.15, 0.2) is 41.3 Å². The van der Waals surface area contributed by atoms with E-state index in [0.717, 1.165) is 5.56 Å². The van der Waals surface area contributed by atoms with Crippen molar-refractivity contribution in [2.24, 2.45) is 0 Å². The fourth-order valence-corrected chi connectivity index (χ4v) is 2.83. The lowest BCUT2D eigenvalue weighted by Gasteiger charge is -2.08. The third-order valence-electron chi connectivity index (χ3n) is 3.15. The topological polar surface area (TPSA) is 70.0 Å². The lowest BCUT2D eigenvalue weighted by molar-refractivity contribution is -0.167. The number of ketones is 1. The van der Waals surface area contributed by atoms with Crippen LogP contribution in [0.5, 0.6) is 0 Å². The minimum absolute atomic E-state index is 0.0897. The molecule has 2 aromatic rings. The molecule has 0 saturated carbocycles. The molecule has 0 spiro atoms. The number of nitrogens with zero attached hydrogens (tertiary/aromatic N) is 1. The van der Waals surface area contributed by atoms with Crippen molar-refractivity contribution in [3.8, 4) is 6.07 Å². The first-order valence-electron chi connectivity index (χ1n) is 6.91. The normalized spacial score (nSPS) is 11.7. The maximum atomic E-state index is 12.4. The van der Waals surface area contributed by atoms with E-state index in [4.69, 9.17) is 0 Å². The van der Waals surface area contributed by atoms with E-state index in [1.165, 1.54) is 41.7 Å². The van der Waals surface area contributed by atoms with Gasteiger partial charge in [0.1, 0.15) is 11.6 Å². The number of amides is 1.